The maximum Gasteiger partial charge on any atom is 0.372 e. The number of carbonyl (C=O) groups excluding carboxylic acids is 1. The molecule has 2 heterocycles. The summed E-state index contributed by atoms with van der Waals surface area (Å²) in [5.74, 6) is -0.488. The Morgan fingerprint density at radius 2 is 2.37 bits per heavy atom. The molecule has 0 saturated carbocycles. The fraction of sp³-hybridized carbons (Fsp3) is 0.400. The molecule has 0 aliphatic rings. The minimum atomic E-state index is -0.708. The lowest BCUT2D eigenvalue weighted by atomic mass is 10.0. The summed E-state index contributed by atoms with van der Waals surface area (Å²) in [6, 6.07) is 0. The first-order chi connectivity index (χ1) is 8.80. The maximum atomic E-state index is 11.1. The predicted octanol–water partition coefficient (Wildman–Crippen LogP) is 1.37. The molecule has 0 radical (unpaired) electrons. The van der Waals surface area contributed by atoms with E-state index in [-0.39, 0.29) is 18.1 Å². The molecular formula is C10H13N5O3S. The number of primary amides is 1. The highest BCUT2D eigenvalue weighted by atomic mass is 32.1. The van der Waals surface area contributed by atoms with E-state index in [4.69, 9.17) is 5.73 Å². The molecule has 0 spiro atoms. The number of amides is 1. The molecule has 1 amide bonds. The van der Waals surface area contributed by atoms with Crippen molar-refractivity contribution in [3.05, 3.63) is 21.7 Å². The number of hydrogen-bond donors (Lipinski definition) is 2. The molecule has 0 unspecified atom stereocenters. The lowest BCUT2D eigenvalue weighted by molar-refractivity contribution is -0.389. The first-order valence-electron chi connectivity index (χ1n) is 5.46. The van der Waals surface area contributed by atoms with E-state index in [0.717, 1.165) is 0 Å². The normalized spacial score (nSPS) is 11.7. The third kappa shape index (κ3) is 2.65. The van der Waals surface area contributed by atoms with E-state index >= 15 is 0 Å². The van der Waals surface area contributed by atoms with Crippen LogP contribution in [-0.2, 0) is 4.79 Å². The van der Waals surface area contributed by atoms with E-state index in [0.29, 0.717) is 4.96 Å². The summed E-state index contributed by atoms with van der Waals surface area (Å²) in [4.78, 5) is 26.3. The van der Waals surface area contributed by atoms with Gasteiger partial charge in [0.15, 0.2) is 0 Å². The molecule has 9 heteroatoms. The minimum Gasteiger partial charge on any atom is -0.370 e. The molecule has 2 aromatic rings. The van der Waals surface area contributed by atoms with Crippen molar-refractivity contribution in [2.75, 3.05) is 5.32 Å². The van der Waals surface area contributed by atoms with E-state index in [1.807, 2.05) is 0 Å². The Bertz CT molecular complexity index is 645. The Morgan fingerprint density at radius 3 is 2.95 bits per heavy atom. The molecule has 0 aliphatic heterocycles. The second-order valence-corrected chi connectivity index (χ2v) is 5.62. The number of carbonyl (C=O) groups is 1. The van der Waals surface area contributed by atoms with Crippen LogP contribution in [0, 0.1) is 10.1 Å². The topological polar surface area (TPSA) is 116 Å². The Kier molecular flexibility index (Phi) is 3.14. The van der Waals surface area contributed by atoms with Gasteiger partial charge in [-0.1, -0.05) is 11.3 Å². The first kappa shape index (κ1) is 13.3. The number of anilines is 1. The van der Waals surface area contributed by atoms with Crippen LogP contribution in [0.15, 0.2) is 11.6 Å². The highest BCUT2D eigenvalue weighted by molar-refractivity contribution is 7.15. The zero-order chi connectivity index (χ0) is 14.2. The van der Waals surface area contributed by atoms with Crippen LogP contribution >= 0.6 is 11.3 Å². The summed E-state index contributed by atoms with van der Waals surface area (Å²) in [6.45, 7) is 3.46. The van der Waals surface area contributed by atoms with E-state index in [1.165, 1.54) is 15.7 Å². The average Bonchev–Trinajstić information content (AvgIpc) is 2.72. The molecule has 2 aromatic heterocycles. The maximum absolute atomic E-state index is 11.1. The highest BCUT2D eigenvalue weighted by Crippen LogP contribution is 2.30. The van der Waals surface area contributed by atoms with Crippen molar-refractivity contribution in [1.29, 1.82) is 0 Å². The summed E-state index contributed by atoms with van der Waals surface area (Å²) < 4.78 is 1.40. The first-order valence-corrected chi connectivity index (χ1v) is 6.34. The molecule has 0 fully saturated rings. The number of imidazole rings is 1. The van der Waals surface area contributed by atoms with Gasteiger partial charge < -0.3 is 21.2 Å². The van der Waals surface area contributed by atoms with Gasteiger partial charge in [0, 0.05) is 17.3 Å². The molecule has 8 nitrogen and oxygen atoms in total. The van der Waals surface area contributed by atoms with Crippen molar-refractivity contribution < 1.29 is 9.72 Å². The van der Waals surface area contributed by atoms with Crippen molar-refractivity contribution in [2.45, 2.75) is 25.8 Å². The second-order valence-electron chi connectivity index (χ2n) is 4.75. The Hall–Kier alpha value is -2.16. The largest absolute Gasteiger partial charge is 0.372 e. The summed E-state index contributed by atoms with van der Waals surface area (Å²) in [7, 11) is 0. The number of thiazole rings is 1. The molecule has 2 rings (SSSR count). The van der Waals surface area contributed by atoms with Crippen molar-refractivity contribution in [3.63, 3.8) is 0 Å². The van der Waals surface area contributed by atoms with E-state index < -0.39 is 16.4 Å². The molecule has 0 atom stereocenters. The van der Waals surface area contributed by atoms with Gasteiger partial charge in [0.2, 0.25) is 11.7 Å². The predicted molar refractivity (Wildman–Crippen MR) is 71.2 cm³/mol. The van der Waals surface area contributed by atoms with Gasteiger partial charge in [-0.15, -0.1) is 0 Å². The third-order valence-corrected chi connectivity index (χ3v) is 3.24. The minimum absolute atomic E-state index is 0.0509. The van der Waals surface area contributed by atoms with Gasteiger partial charge >= 0.3 is 5.82 Å². The number of aromatic nitrogens is 2. The van der Waals surface area contributed by atoms with Gasteiger partial charge in [-0.25, -0.2) is 0 Å². The Balaban J connectivity index is 2.39. The van der Waals surface area contributed by atoms with Gasteiger partial charge in [-0.2, -0.15) is 9.38 Å². The van der Waals surface area contributed by atoms with Gasteiger partial charge in [-0.05, 0) is 18.8 Å². The van der Waals surface area contributed by atoms with Gasteiger partial charge in [-0.3, -0.25) is 4.79 Å². The molecule has 19 heavy (non-hydrogen) atoms. The number of fused-ring (bicyclic) bond motifs is 1. The van der Waals surface area contributed by atoms with Crippen LogP contribution in [0.2, 0.25) is 0 Å². The quantitative estimate of drug-likeness (QED) is 0.635. The van der Waals surface area contributed by atoms with Crippen LogP contribution < -0.4 is 11.1 Å². The fourth-order valence-corrected chi connectivity index (χ4v) is 2.54. The number of nitrogens with zero attached hydrogens (tertiary/aromatic N) is 3. The number of rotatable bonds is 5. The van der Waals surface area contributed by atoms with Gasteiger partial charge in [0.05, 0.1) is 0 Å². The zero-order valence-electron chi connectivity index (χ0n) is 10.4. The van der Waals surface area contributed by atoms with Crippen molar-refractivity contribution in [1.82, 2.24) is 9.38 Å². The van der Waals surface area contributed by atoms with E-state index in [9.17, 15) is 14.9 Å². The highest BCUT2D eigenvalue weighted by Gasteiger charge is 2.29. The van der Waals surface area contributed by atoms with Crippen molar-refractivity contribution in [2.24, 2.45) is 5.73 Å². The van der Waals surface area contributed by atoms with E-state index in [1.54, 1.807) is 25.4 Å². The molecular weight excluding hydrogens is 270 g/mol. The number of nitrogens with two attached hydrogens (primary N) is 1. The standard InChI is InChI=1S/C10H13N5O3S/c1-10(2,5-6(11)16)13-7-8(15(17)18)14-3-4-19-9(14)12-7/h3-4,13H,5H2,1-2H3,(H2,11,16). The van der Waals surface area contributed by atoms with Gasteiger partial charge in [0.25, 0.3) is 4.96 Å². The van der Waals surface area contributed by atoms with Crippen molar-refractivity contribution >= 4 is 33.8 Å². The smallest absolute Gasteiger partial charge is 0.370 e. The zero-order valence-corrected chi connectivity index (χ0v) is 11.2. The summed E-state index contributed by atoms with van der Waals surface area (Å²) >= 11 is 1.30. The number of nitrogens with one attached hydrogen (secondary N) is 1. The molecule has 0 saturated heterocycles. The van der Waals surface area contributed by atoms with Crippen LogP contribution in [0.5, 0.6) is 0 Å². The molecule has 0 aliphatic carbocycles. The monoisotopic (exact) mass is 283 g/mol. The summed E-state index contributed by atoms with van der Waals surface area (Å²) in [6.07, 6.45) is 1.63. The number of hydrogen-bond acceptors (Lipinski definition) is 6. The molecule has 0 bridgehead atoms. The molecule has 0 aromatic carbocycles. The number of nitro groups is 1. The summed E-state index contributed by atoms with van der Waals surface area (Å²) in [5, 5.41) is 15.7. The fourth-order valence-electron chi connectivity index (χ4n) is 1.83. The SMILES string of the molecule is CC(C)(CC(N)=O)Nc1nc2sccn2c1[N+](=O)[O-]. The van der Waals surface area contributed by atoms with Crippen LogP contribution in [0.3, 0.4) is 0 Å². The Labute approximate surface area is 112 Å². The van der Waals surface area contributed by atoms with Crippen LogP contribution in [0.25, 0.3) is 4.96 Å². The van der Waals surface area contributed by atoms with E-state index in [2.05, 4.69) is 10.3 Å². The van der Waals surface area contributed by atoms with Crippen LogP contribution in [0.1, 0.15) is 20.3 Å². The second kappa shape index (κ2) is 4.50. The lowest BCUT2D eigenvalue weighted by Gasteiger charge is -2.24. The third-order valence-electron chi connectivity index (χ3n) is 2.48. The van der Waals surface area contributed by atoms with Crippen LogP contribution in [0.4, 0.5) is 11.6 Å². The molecule has 102 valence electrons. The Morgan fingerprint density at radius 1 is 1.68 bits per heavy atom. The lowest BCUT2D eigenvalue weighted by Crippen LogP contribution is -2.36. The van der Waals surface area contributed by atoms with Gasteiger partial charge in [0.1, 0.15) is 6.20 Å². The molecule has 3 N–H and O–H groups in total. The van der Waals surface area contributed by atoms with Crippen LogP contribution in [-0.4, -0.2) is 25.8 Å². The van der Waals surface area contributed by atoms with Crippen molar-refractivity contribution in [3.8, 4) is 0 Å². The summed E-state index contributed by atoms with van der Waals surface area (Å²) in [5.41, 5.74) is 4.44. The average molecular weight is 283 g/mol.